The molecule has 0 saturated carbocycles. The molecule has 0 aliphatic rings. The van der Waals surface area contributed by atoms with E-state index in [4.69, 9.17) is 18.7 Å². The quantitative estimate of drug-likeness (QED) is 0.185. The fourth-order valence-electron chi connectivity index (χ4n) is 7.03. The fraction of sp³-hybridized carbons (Fsp3) is 0.192. The van der Waals surface area contributed by atoms with Crippen molar-refractivity contribution in [3.05, 3.63) is 168 Å². The molecule has 0 atom stereocenters. The van der Waals surface area contributed by atoms with E-state index in [1.165, 1.54) is 0 Å². The lowest BCUT2D eigenvalue weighted by Gasteiger charge is -2.22. The lowest BCUT2D eigenvalue weighted by molar-refractivity contribution is 0.471. The highest BCUT2D eigenvalue weighted by atomic mass is 16.3. The maximum absolute atomic E-state index is 12.0. The summed E-state index contributed by atoms with van der Waals surface area (Å²) in [5.74, 6) is 0.444. The molecule has 278 valence electrons. The Bertz CT molecular complexity index is 3280. The number of pyridine rings is 1. The van der Waals surface area contributed by atoms with Crippen molar-refractivity contribution < 1.29 is 20.2 Å². The molecule has 0 radical (unpaired) electrons. The molecule has 0 aliphatic carbocycles. The van der Waals surface area contributed by atoms with Gasteiger partial charge in [-0.1, -0.05) is 138 Å². The zero-order chi connectivity index (χ0) is 48.8. The second-order valence-electron chi connectivity index (χ2n) is 16.2. The number of para-hydroxylation sites is 1. The standard InChI is InChI=1S/C52H49N3O/c1-33-22-23-46(43(26-33)36-18-13-10-14-19-36)55-47-21-15-20-42(48(47)54-50(55)44-32-40(51(3,4)5)27-34(2)49(44)56)38-28-39(30-41(29-38)52(6,7)8)45-31-37(24-25-53-45)35-16-11-9-12-17-35/h9-32,56H,1-8H3/i1D3,9D,11D,12D,16D,17D,24D,25D,31D. The molecule has 2 aromatic heterocycles. The van der Waals surface area contributed by atoms with Crippen LogP contribution in [0.15, 0.2) is 146 Å². The van der Waals surface area contributed by atoms with Gasteiger partial charge in [-0.05, 0) is 112 Å². The number of nitrogens with zero attached hydrogens (tertiary/aromatic N) is 3. The molecule has 4 heteroatoms. The lowest BCUT2D eigenvalue weighted by Crippen LogP contribution is -2.12. The molecule has 0 aliphatic heterocycles. The van der Waals surface area contributed by atoms with E-state index in [9.17, 15) is 6.48 Å². The predicted octanol–water partition coefficient (Wildman–Crippen LogP) is 13.7. The lowest BCUT2D eigenvalue weighted by atomic mass is 9.83. The summed E-state index contributed by atoms with van der Waals surface area (Å²) in [6.45, 7) is 11.8. The van der Waals surface area contributed by atoms with Crippen LogP contribution in [-0.4, -0.2) is 19.6 Å². The van der Waals surface area contributed by atoms with Crippen LogP contribution in [0, 0.1) is 13.8 Å². The summed E-state index contributed by atoms with van der Waals surface area (Å²) in [6.07, 6.45) is -0.535. The summed E-state index contributed by atoms with van der Waals surface area (Å²) in [5, 5.41) is 12.0. The maximum Gasteiger partial charge on any atom is 0.149 e. The molecule has 8 aromatic rings. The van der Waals surface area contributed by atoms with Gasteiger partial charge in [0.15, 0.2) is 0 Å². The third-order valence-electron chi connectivity index (χ3n) is 10.1. The third kappa shape index (κ3) is 6.92. The molecule has 56 heavy (non-hydrogen) atoms. The van der Waals surface area contributed by atoms with Crippen molar-refractivity contribution in [3.63, 3.8) is 0 Å². The number of aryl methyl sites for hydroxylation is 2. The van der Waals surface area contributed by atoms with Gasteiger partial charge in [-0.3, -0.25) is 9.55 Å². The Kier molecular flexibility index (Phi) is 6.49. The van der Waals surface area contributed by atoms with Crippen LogP contribution in [0.3, 0.4) is 0 Å². The molecule has 2 heterocycles. The van der Waals surface area contributed by atoms with Crippen LogP contribution in [0.4, 0.5) is 0 Å². The number of phenols is 1. The van der Waals surface area contributed by atoms with Crippen LogP contribution in [0.5, 0.6) is 5.75 Å². The molecule has 1 N–H and O–H groups in total. The van der Waals surface area contributed by atoms with Crippen molar-refractivity contribution in [2.75, 3.05) is 0 Å². The Morgan fingerprint density at radius 3 is 2.11 bits per heavy atom. The summed E-state index contributed by atoms with van der Waals surface area (Å²) in [6, 6.07) is 25.9. The smallest absolute Gasteiger partial charge is 0.149 e. The normalized spacial score (nSPS) is 15.0. The van der Waals surface area contributed by atoms with Gasteiger partial charge >= 0.3 is 0 Å². The molecule has 0 bridgehead atoms. The zero-order valence-electron chi connectivity index (χ0n) is 43.5. The predicted molar refractivity (Wildman–Crippen MR) is 235 cm³/mol. The summed E-state index contributed by atoms with van der Waals surface area (Å²) < 4.78 is 96.2. The van der Waals surface area contributed by atoms with E-state index in [0.29, 0.717) is 55.9 Å². The van der Waals surface area contributed by atoms with Crippen molar-refractivity contribution in [2.45, 2.75) is 66.1 Å². The Morgan fingerprint density at radius 2 is 1.38 bits per heavy atom. The largest absolute Gasteiger partial charge is 0.507 e. The molecule has 0 amide bonds. The van der Waals surface area contributed by atoms with E-state index in [0.717, 1.165) is 16.7 Å². The van der Waals surface area contributed by atoms with Gasteiger partial charge in [0.25, 0.3) is 0 Å². The van der Waals surface area contributed by atoms with E-state index >= 15 is 0 Å². The Balaban J connectivity index is 1.47. The molecule has 0 saturated heterocycles. The maximum atomic E-state index is 12.0. The van der Waals surface area contributed by atoms with Crippen molar-refractivity contribution in [1.82, 2.24) is 14.5 Å². The summed E-state index contributed by atoms with van der Waals surface area (Å²) >= 11 is 0. The number of hydrogen-bond acceptors (Lipinski definition) is 3. The van der Waals surface area contributed by atoms with E-state index in [1.807, 2.05) is 105 Å². The first-order valence-electron chi connectivity index (χ1n) is 24.1. The van der Waals surface area contributed by atoms with Gasteiger partial charge in [0.05, 0.1) is 38.9 Å². The number of rotatable bonds is 6. The number of benzene rings is 6. The van der Waals surface area contributed by atoms with Gasteiger partial charge in [-0.2, -0.15) is 0 Å². The molecule has 0 unspecified atom stereocenters. The van der Waals surface area contributed by atoms with E-state index < -0.39 is 54.7 Å². The van der Waals surface area contributed by atoms with Gasteiger partial charge in [0, 0.05) is 27.0 Å². The third-order valence-corrected chi connectivity index (χ3v) is 10.1. The van der Waals surface area contributed by atoms with Crippen molar-refractivity contribution in [2.24, 2.45) is 0 Å². The monoisotopic (exact) mass is 742 g/mol. The van der Waals surface area contributed by atoms with Gasteiger partial charge in [-0.15, -0.1) is 0 Å². The van der Waals surface area contributed by atoms with Crippen LogP contribution in [0.1, 0.15) is 78.9 Å². The van der Waals surface area contributed by atoms with Crippen LogP contribution in [0.25, 0.3) is 72.7 Å². The summed E-state index contributed by atoms with van der Waals surface area (Å²) in [7, 11) is 0. The average Bonchev–Trinajstić information content (AvgIpc) is 3.66. The van der Waals surface area contributed by atoms with Gasteiger partial charge in [-0.25, -0.2) is 4.98 Å². The molecule has 8 rings (SSSR count). The Labute approximate surface area is 346 Å². The summed E-state index contributed by atoms with van der Waals surface area (Å²) in [5.41, 5.74) is 6.52. The molecular formula is C52H49N3O. The minimum absolute atomic E-state index is 0.0187. The van der Waals surface area contributed by atoms with Gasteiger partial charge < -0.3 is 5.11 Å². The van der Waals surface area contributed by atoms with Gasteiger partial charge in [0.1, 0.15) is 11.6 Å². The highest BCUT2D eigenvalue weighted by Crippen LogP contribution is 2.43. The second-order valence-corrected chi connectivity index (χ2v) is 16.2. The minimum Gasteiger partial charge on any atom is -0.507 e. The van der Waals surface area contributed by atoms with E-state index in [-0.39, 0.29) is 39.6 Å². The number of hydrogen-bond donors (Lipinski definition) is 1. The first kappa shape index (κ1) is 25.8. The number of phenolic OH excluding ortho intramolecular Hbond substituents is 1. The number of imidazole rings is 1. The van der Waals surface area contributed by atoms with Crippen LogP contribution in [0.2, 0.25) is 0 Å². The number of aromatic nitrogens is 3. The highest BCUT2D eigenvalue weighted by molar-refractivity contribution is 5.98. The topological polar surface area (TPSA) is 50.9 Å². The van der Waals surface area contributed by atoms with Crippen LogP contribution in [-0.2, 0) is 10.8 Å². The number of aromatic hydroxyl groups is 1. The van der Waals surface area contributed by atoms with Crippen molar-refractivity contribution in [1.29, 1.82) is 0 Å². The molecule has 0 spiro atoms. The molecule has 6 aromatic carbocycles. The Morgan fingerprint density at radius 1 is 0.643 bits per heavy atom. The Hall–Kier alpha value is -6.26. The molecular weight excluding hydrogens is 683 g/mol. The van der Waals surface area contributed by atoms with E-state index in [1.54, 1.807) is 24.3 Å². The van der Waals surface area contributed by atoms with Crippen LogP contribution >= 0.6 is 0 Å². The van der Waals surface area contributed by atoms with E-state index in [2.05, 4.69) is 25.8 Å². The molecule has 4 nitrogen and oxygen atoms in total. The average molecular weight is 743 g/mol. The second kappa shape index (κ2) is 14.1. The number of fused-ring (bicyclic) bond motifs is 1. The first-order valence-corrected chi connectivity index (χ1v) is 18.6. The highest BCUT2D eigenvalue weighted by Gasteiger charge is 2.26. The SMILES string of the molecule is [2H]c1nc(-c2cc(-c3cccc4c3nc(-c3cc(C(C)(C)C)cc(C)c3O)n4-c3ccc(C([2H])([2H])[2H])cc3-c3ccccc3)cc(C(C)(C)C)c2)c([2H])c(-c2c([2H])c([2H])c([2H])c([2H])c2[2H])c1[2H]. The summed E-state index contributed by atoms with van der Waals surface area (Å²) in [4.78, 5) is 9.82. The molecule has 0 fully saturated rings. The first-order chi connectivity index (χ1) is 31.3. The zero-order valence-corrected chi connectivity index (χ0v) is 32.5. The van der Waals surface area contributed by atoms with Crippen LogP contribution < -0.4 is 0 Å². The fourth-order valence-corrected chi connectivity index (χ4v) is 7.03. The van der Waals surface area contributed by atoms with Crippen molar-refractivity contribution >= 4 is 11.0 Å². The van der Waals surface area contributed by atoms with Crippen molar-refractivity contribution in [3.8, 4) is 67.5 Å². The van der Waals surface area contributed by atoms with Gasteiger partial charge in [0.2, 0.25) is 0 Å². The minimum atomic E-state index is -2.40.